The molecule has 9 heavy (non-hydrogen) atoms. The van der Waals surface area contributed by atoms with Gasteiger partial charge in [-0.15, -0.1) is 0 Å². The van der Waals surface area contributed by atoms with E-state index in [4.69, 9.17) is 0 Å². The van der Waals surface area contributed by atoms with Crippen molar-refractivity contribution < 1.29 is 0 Å². The molecule has 0 N–H and O–H groups in total. The van der Waals surface area contributed by atoms with Gasteiger partial charge < -0.3 is 0 Å². The lowest BCUT2D eigenvalue weighted by Gasteiger charge is -2.20. The van der Waals surface area contributed by atoms with Crippen molar-refractivity contribution in [2.45, 2.75) is 43.6 Å². The van der Waals surface area contributed by atoms with E-state index in [2.05, 4.69) is 39.1 Å². The Bertz CT molecular complexity index is 61.3. The highest BCUT2D eigenvalue weighted by molar-refractivity contribution is 8.00. The van der Waals surface area contributed by atoms with E-state index in [1.54, 1.807) is 0 Å². The molecule has 0 aliphatic rings. The van der Waals surface area contributed by atoms with Gasteiger partial charge >= 0.3 is 0 Å². The van der Waals surface area contributed by atoms with Gasteiger partial charge in [0.2, 0.25) is 0 Å². The van der Waals surface area contributed by atoms with E-state index >= 15 is 0 Å². The Morgan fingerprint density at radius 3 is 1.56 bits per heavy atom. The third-order valence-corrected chi connectivity index (χ3v) is 2.20. The third kappa shape index (κ3) is 5.16. The molecule has 0 radical (unpaired) electrons. The largest absolute Gasteiger partial charge is 0.162 e. The SMILES string of the molecule is CCCC(S)(S)CCC. The van der Waals surface area contributed by atoms with Gasteiger partial charge in [0, 0.05) is 0 Å². The van der Waals surface area contributed by atoms with Gasteiger partial charge in [-0.05, 0) is 12.8 Å². The first-order chi connectivity index (χ1) is 4.12. The van der Waals surface area contributed by atoms with E-state index in [0.717, 1.165) is 12.8 Å². The van der Waals surface area contributed by atoms with E-state index in [-0.39, 0.29) is 4.08 Å². The predicted octanol–water partition coefficient (Wildman–Crippen LogP) is 3.14. The number of hydrogen-bond donors (Lipinski definition) is 2. The average Bonchev–Trinajstić information content (AvgIpc) is 1.64. The van der Waals surface area contributed by atoms with Crippen LogP contribution in [-0.4, -0.2) is 4.08 Å². The van der Waals surface area contributed by atoms with Gasteiger partial charge in [0.15, 0.2) is 0 Å². The molecule has 56 valence electrons. The van der Waals surface area contributed by atoms with Gasteiger partial charge in [0.05, 0.1) is 4.08 Å². The normalized spacial score (nSPS) is 12.0. The van der Waals surface area contributed by atoms with Gasteiger partial charge in [0.25, 0.3) is 0 Å². The molecule has 2 heteroatoms. The first-order valence-corrected chi connectivity index (χ1v) is 4.46. The summed E-state index contributed by atoms with van der Waals surface area (Å²) >= 11 is 8.82. The molecule has 0 bridgehead atoms. The van der Waals surface area contributed by atoms with Crippen molar-refractivity contribution in [2.75, 3.05) is 0 Å². The second kappa shape index (κ2) is 4.51. The minimum Gasteiger partial charge on any atom is -0.162 e. The van der Waals surface area contributed by atoms with Gasteiger partial charge in [0.1, 0.15) is 0 Å². The van der Waals surface area contributed by atoms with Crippen LogP contribution in [0, 0.1) is 0 Å². The Morgan fingerprint density at radius 2 is 1.33 bits per heavy atom. The average molecular weight is 164 g/mol. The molecule has 0 aromatic carbocycles. The van der Waals surface area contributed by atoms with Crippen LogP contribution in [0.15, 0.2) is 0 Å². The molecule has 0 spiro atoms. The molecular weight excluding hydrogens is 148 g/mol. The first kappa shape index (κ1) is 9.70. The highest BCUT2D eigenvalue weighted by atomic mass is 32.2. The van der Waals surface area contributed by atoms with Crippen molar-refractivity contribution in [3.8, 4) is 0 Å². The van der Waals surface area contributed by atoms with Gasteiger partial charge in [-0.3, -0.25) is 0 Å². The topological polar surface area (TPSA) is 0 Å². The van der Waals surface area contributed by atoms with Crippen LogP contribution in [0.4, 0.5) is 0 Å². The number of thiol groups is 2. The van der Waals surface area contributed by atoms with Crippen LogP contribution in [0.1, 0.15) is 39.5 Å². The predicted molar refractivity (Wildman–Crippen MR) is 50.5 cm³/mol. The Morgan fingerprint density at radius 1 is 1.00 bits per heavy atom. The summed E-state index contributed by atoms with van der Waals surface area (Å²) in [7, 11) is 0. The van der Waals surface area contributed by atoms with Crippen LogP contribution in [-0.2, 0) is 0 Å². The summed E-state index contributed by atoms with van der Waals surface area (Å²) in [6.45, 7) is 4.33. The fraction of sp³-hybridized carbons (Fsp3) is 1.00. The molecule has 0 aromatic rings. The summed E-state index contributed by atoms with van der Waals surface area (Å²) in [5, 5.41) is 0. The van der Waals surface area contributed by atoms with Crippen LogP contribution in [0.5, 0.6) is 0 Å². The molecule has 0 unspecified atom stereocenters. The summed E-state index contributed by atoms with van der Waals surface area (Å²) in [6.07, 6.45) is 4.56. The Kier molecular flexibility index (Phi) is 4.86. The lowest BCUT2D eigenvalue weighted by Crippen LogP contribution is -2.11. The molecule has 0 fully saturated rings. The zero-order chi connectivity index (χ0) is 7.33. The third-order valence-electron chi connectivity index (χ3n) is 1.30. The van der Waals surface area contributed by atoms with Crippen LogP contribution in [0.3, 0.4) is 0 Å². The van der Waals surface area contributed by atoms with Crippen molar-refractivity contribution in [2.24, 2.45) is 0 Å². The van der Waals surface area contributed by atoms with E-state index in [0.29, 0.717) is 0 Å². The van der Waals surface area contributed by atoms with Crippen molar-refractivity contribution in [1.29, 1.82) is 0 Å². The van der Waals surface area contributed by atoms with Crippen molar-refractivity contribution in [1.82, 2.24) is 0 Å². The Balaban J connectivity index is 3.43. The van der Waals surface area contributed by atoms with Crippen molar-refractivity contribution in [3.63, 3.8) is 0 Å². The zero-order valence-electron chi connectivity index (χ0n) is 6.22. The quantitative estimate of drug-likeness (QED) is 0.463. The molecule has 0 atom stereocenters. The maximum atomic E-state index is 4.41. The highest BCUT2D eigenvalue weighted by Gasteiger charge is 2.16. The van der Waals surface area contributed by atoms with Crippen molar-refractivity contribution in [3.05, 3.63) is 0 Å². The summed E-state index contributed by atoms with van der Waals surface area (Å²) in [6, 6.07) is 0. The van der Waals surface area contributed by atoms with Crippen LogP contribution < -0.4 is 0 Å². The van der Waals surface area contributed by atoms with E-state index in [1.165, 1.54) is 12.8 Å². The molecule has 0 rings (SSSR count). The van der Waals surface area contributed by atoms with Gasteiger partial charge in [-0.25, -0.2) is 0 Å². The molecule has 0 amide bonds. The summed E-state index contributed by atoms with van der Waals surface area (Å²) in [5.41, 5.74) is 0. The first-order valence-electron chi connectivity index (χ1n) is 3.57. The van der Waals surface area contributed by atoms with Gasteiger partial charge in [-0.1, -0.05) is 26.7 Å². The van der Waals surface area contributed by atoms with E-state index < -0.39 is 0 Å². The summed E-state index contributed by atoms with van der Waals surface area (Å²) in [4.78, 5) is 0. The number of rotatable bonds is 4. The second-order valence-corrected chi connectivity index (χ2v) is 4.55. The minimum atomic E-state index is -0.0104. The Labute approximate surface area is 69.2 Å². The molecular formula is C7H16S2. The number of hydrogen-bond acceptors (Lipinski definition) is 2. The second-order valence-electron chi connectivity index (χ2n) is 2.48. The molecule has 0 saturated carbocycles. The van der Waals surface area contributed by atoms with Crippen LogP contribution >= 0.6 is 25.3 Å². The molecule has 0 heterocycles. The summed E-state index contributed by atoms with van der Waals surface area (Å²) < 4.78 is -0.0104. The fourth-order valence-electron chi connectivity index (χ4n) is 0.926. The maximum Gasteiger partial charge on any atom is 0.0551 e. The maximum absolute atomic E-state index is 4.41. The van der Waals surface area contributed by atoms with Crippen LogP contribution in [0.25, 0.3) is 0 Å². The van der Waals surface area contributed by atoms with E-state index in [9.17, 15) is 0 Å². The summed E-state index contributed by atoms with van der Waals surface area (Å²) in [5.74, 6) is 0. The fourth-order valence-corrected chi connectivity index (χ4v) is 1.82. The minimum absolute atomic E-state index is 0.0104. The zero-order valence-corrected chi connectivity index (χ0v) is 8.01. The standard InChI is InChI=1S/C7H16S2/c1-3-5-7(8,9)6-4-2/h8-9H,3-6H2,1-2H3. The van der Waals surface area contributed by atoms with E-state index in [1.807, 2.05) is 0 Å². The lowest BCUT2D eigenvalue weighted by molar-refractivity contribution is 0.641. The molecule has 0 aromatic heterocycles. The lowest BCUT2D eigenvalue weighted by atomic mass is 10.1. The molecule has 0 saturated heterocycles. The monoisotopic (exact) mass is 164 g/mol. The smallest absolute Gasteiger partial charge is 0.0551 e. The van der Waals surface area contributed by atoms with Crippen molar-refractivity contribution >= 4 is 25.3 Å². The molecule has 0 aliphatic carbocycles. The highest BCUT2D eigenvalue weighted by Crippen LogP contribution is 2.30. The van der Waals surface area contributed by atoms with Crippen LogP contribution in [0.2, 0.25) is 0 Å². The molecule has 0 aliphatic heterocycles. The molecule has 0 nitrogen and oxygen atoms in total. The van der Waals surface area contributed by atoms with Gasteiger partial charge in [-0.2, -0.15) is 25.3 Å². The Hall–Kier alpha value is 0.700.